The fraction of sp³-hybridized carbons (Fsp3) is 0.429. The molecule has 0 radical (unpaired) electrons. The quantitative estimate of drug-likeness (QED) is 0.694. The lowest BCUT2D eigenvalue weighted by molar-refractivity contribution is -0.126. The van der Waals surface area contributed by atoms with E-state index in [1.807, 2.05) is 5.32 Å². The maximum absolute atomic E-state index is 11.7. The van der Waals surface area contributed by atoms with Crippen molar-refractivity contribution in [2.75, 3.05) is 18.4 Å². The lowest BCUT2D eigenvalue weighted by Crippen LogP contribution is -2.35. The van der Waals surface area contributed by atoms with Gasteiger partial charge < -0.3 is 10.6 Å². The number of amides is 1. The SMILES string of the molecule is O=C(CNCC(F)(F)F)Nc1ccn[nH]1. The molecule has 0 aliphatic rings. The van der Waals surface area contributed by atoms with E-state index in [4.69, 9.17) is 0 Å². The van der Waals surface area contributed by atoms with E-state index in [2.05, 4.69) is 15.5 Å². The topological polar surface area (TPSA) is 69.8 Å². The Morgan fingerprint density at radius 3 is 2.80 bits per heavy atom. The molecule has 1 amide bonds. The molecule has 0 saturated carbocycles. The van der Waals surface area contributed by atoms with E-state index in [0.29, 0.717) is 5.82 Å². The minimum Gasteiger partial charge on any atom is -0.310 e. The molecule has 1 aromatic rings. The van der Waals surface area contributed by atoms with Crippen LogP contribution in [0.5, 0.6) is 0 Å². The molecule has 0 unspecified atom stereocenters. The first-order chi connectivity index (χ1) is 6.97. The van der Waals surface area contributed by atoms with E-state index in [9.17, 15) is 18.0 Å². The Morgan fingerprint density at radius 2 is 2.27 bits per heavy atom. The summed E-state index contributed by atoms with van der Waals surface area (Å²) in [4.78, 5) is 11.0. The van der Waals surface area contributed by atoms with Crippen molar-refractivity contribution in [2.45, 2.75) is 6.18 Å². The summed E-state index contributed by atoms with van der Waals surface area (Å²) in [5, 5.41) is 10.3. The van der Waals surface area contributed by atoms with Crippen molar-refractivity contribution in [3.8, 4) is 0 Å². The van der Waals surface area contributed by atoms with Crippen LogP contribution < -0.4 is 10.6 Å². The normalized spacial score (nSPS) is 11.4. The maximum Gasteiger partial charge on any atom is 0.401 e. The minimum atomic E-state index is -4.31. The van der Waals surface area contributed by atoms with Crippen LogP contribution in [0.15, 0.2) is 12.3 Å². The highest BCUT2D eigenvalue weighted by molar-refractivity contribution is 5.91. The van der Waals surface area contributed by atoms with Gasteiger partial charge in [0.05, 0.1) is 19.3 Å². The lowest BCUT2D eigenvalue weighted by Gasteiger charge is -2.07. The Kier molecular flexibility index (Phi) is 3.67. The Bertz CT molecular complexity index is 309. The van der Waals surface area contributed by atoms with Gasteiger partial charge in [-0.15, -0.1) is 0 Å². The fourth-order valence-electron chi connectivity index (χ4n) is 0.838. The second kappa shape index (κ2) is 4.78. The van der Waals surface area contributed by atoms with Crippen LogP contribution in [0.25, 0.3) is 0 Å². The highest BCUT2D eigenvalue weighted by atomic mass is 19.4. The number of anilines is 1. The van der Waals surface area contributed by atoms with E-state index in [-0.39, 0.29) is 0 Å². The molecule has 0 saturated heterocycles. The van der Waals surface area contributed by atoms with Gasteiger partial charge in [-0.3, -0.25) is 9.89 Å². The predicted octanol–water partition coefficient (Wildman–Crippen LogP) is 0.500. The Labute approximate surface area is 83.0 Å². The molecular formula is C7H9F3N4O. The number of hydrogen-bond donors (Lipinski definition) is 3. The van der Waals surface area contributed by atoms with Gasteiger partial charge in [0.1, 0.15) is 5.82 Å². The fourth-order valence-corrected chi connectivity index (χ4v) is 0.838. The summed E-state index contributed by atoms with van der Waals surface area (Å²) in [5.74, 6) is -0.225. The van der Waals surface area contributed by atoms with Gasteiger partial charge in [0.25, 0.3) is 0 Å². The molecular weight excluding hydrogens is 213 g/mol. The molecule has 0 aliphatic carbocycles. The summed E-state index contributed by atoms with van der Waals surface area (Å²) in [6.07, 6.45) is -2.90. The summed E-state index contributed by atoms with van der Waals surface area (Å²) >= 11 is 0. The number of carbonyl (C=O) groups is 1. The van der Waals surface area contributed by atoms with Gasteiger partial charge in [-0.1, -0.05) is 0 Å². The van der Waals surface area contributed by atoms with Crippen molar-refractivity contribution in [1.82, 2.24) is 15.5 Å². The Hall–Kier alpha value is -1.57. The van der Waals surface area contributed by atoms with Crippen LogP contribution in [0.1, 0.15) is 0 Å². The number of nitrogens with zero attached hydrogens (tertiary/aromatic N) is 1. The number of aromatic amines is 1. The van der Waals surface area contributed by atoms with E-state index in [1.165, 1.54) is 12.3 Å². The van der Waals surface area contributed by atoms with Crippen molar-refractivity contribution in [3.05, 3.63) is 12.3 Å². The largest absolute Gasteiger partial charge is 0.401 e. The summed E-state index contributed by atoms with van der Waals surface area (Å²) in [5.41, 5.74) is 0. The Balaban J connectivity index is 2.20. The molecule has 0 atom stereocenters. The smallest absolute Gasteiger partial charge is 0.310 e. The number of halogens is 3. The zero-order chi connectivity index (χ0) is 11.3. The average molecular weight is 222 g/mol. The molecule has 1 rings (SSSR count). The standard InChI is InChI=1S/C7H9F3N4O/c8-7(9,10)4-11-3-6(15)13-5-1-2-12-14-5/h1-2,11H,3-4H2,(H2,12,13,14,15). The van der Waals surface area contributed by atoms with Crippen LogP contribution in [-0.2, 0) is 4.79 Å². The zero-order valence-corrected chi connectivity index (χ0v) is 7.56. The predicted molar refractivity (Wildman–Crippen MR) is 46.1 cm³/mol. The minimum absolute atomic E-state index is 0.341. The Morgan fingerprint density at radius 1 is 1.53 bits per heavy atom. The van der Waals surface area contributed by atoms with E-state index in [1.54, 1.807) is 0 Å². The zero-order valence-electron chi connectivity index (χ0n) is 7.56. The number of aromatic nitrogens is 2. The molecule has 5 nitrogen and oxygen atoms in total. The van der Waals surface area contributed by atoms with Crippen molar-refractivity contribution in [2.24, 2.45) is 0 Å². The van der Waals surface area contributed by atoms with Gasteiger partial charge in [0.15, 0.2) is 0 Å². The molecule has 0 spiro atoms. The van der Waals surface area contributed by atoms with Crippen molar-refractivity contribution < 1.29 is 18.0 Å². The van der Waals surface area contributed by atoms with Gasteiger partial charge in [-0.05, 0) is 0 Å². The molecule has 0 aliphatic heterocycles. The van der Waals surface area contributed by atoms with Crippen molar-refractivity contribution in [3.63, 3.8) is 0 Å². The molecule has 1 aromatic heterocycles. The summed E-state index contributed by atoms with van der Waals surface area (Å²) in [7, 11) is 0. The van der Waals surface area contributed by atoms with Crippen LogP contribution in [0.2, 0.25) is 0 Å². The van der Waals surface area contributed by atoms with Crippen molar-refractivity contribution >= 4 is 11.7 Å². The van der Waals surface area contributed by atoms with E-state index < -0.39 is 25.2 Å². The number of H-pyrrole nitrogens is 1. The van der Waals surface area contributed by atoms with Crippen LogP contribution in [0, 0.1) is 0 Å². The van der Waals surface area contributed by atoms with Crippen LogP contribution in [0.3, 0.4) is 0 Å². The van der Waals surface area contributed by atoms with Crippen molar-refractivity contribution in [1.29, 1.82) is 0 Å². The summed E-state index contributed by atoms with van der Waals surface area (Å²) in [6, 6.07) is 1.49. The molecule has 8 heteroatoms. The first-order valence-electron chi connectivity index (χ1n) is 4.04. The maximum atomic E-state index is 11.7. The highest BCUT2D eigenvalue weighted by Crippen LogP contribution is 2.11. The molecule has 0 fully saturated rings. The van der Waals surface area contributed by atoms with Gasteiger partial charge in [0.2, 0.25) is 5.91 Å². The third-order valence-electron chi connectivity index (χ3n) is 1.39. The number of alkyl halides is 3. The third-order valence-corrected chi connectivity index (χ3v) is 1.39. The molecule has 84 valence electrons. The third kappa shape index (κ3) is 5.01. The van der Waals surface area contributed by atoms with Gasteiger partial charge in [-0.2, -0.15) is 18.3 Å². The molecule has 3 N–H and O–H groups in total. The first kappa shape index (κ1) is 11.5. The molecule has 0 aromatic carbocycles. The molecule has 15 heavy (non-hydrogen) atoms. The lowest BCUT2D eigenvalue weighted by atomic mass is 10.5. The molecule has 1 heterocycles. The number of rotatable bonds is 4. The highest BCUT2D eigenvalue weighted by Gasteiger charge is 2.26. The monoisotopic (exact) mass is 222 g/mol. The second-order valence-corrected chi connectivity index (χ2v) is 2.74. The van der Waals surface area contributed by atoms with Gasteiger partial charge in [0, 0.05) is 6.07 Å². The number of nitrogens with one attached hydrogen (secondary N) is 3. The second-order valence-electron chi connectivity index (χ2n) is 2.74. The number of carbonyl (C=O) groups excluding carboxylic acids is 1. The summed E-state index contributed by atoms with van der Waals surface area (Å²) < 4.78 is 35.0. The van der Waals surface area contributed by atoms with Crippen LogP contribution in [0.4, 0.5) is 19.0 Å². The summed E-state index contributed by atoms with van der Waals surface area (Å²) in [6.45, 7) is -1.60. The molecule has 0 bridgehead atoms. The van der Waals surface area contributed by atoms with E-state index >= 15 is 0 Å². The number of hydrogen-bond acceptors (Lipinski definition) is 3. The van der Waals surface area contributed by atoms with Crippen LogP contribution in [-0.4, -0.2) is 35.4 Å². The van der Waals surface area contributed by atoms with Crippen LogP contribution >= 0.6 is 0 Å². The first-order valence-corrected chi connectivity index (χ1v) is 4.04. The van der Waals surface area contributed by atoms with Gasteiger partial charge >= 0.3 is 6.18 Å². The van der Waals surface area contributed by atoms with Gasteiger partial charge in [-0.25, -0.2) is 0 Å². The van der Waals surface area contributed by atoms with E-state index in [0.717, 1.165) is 0 Å². The average Bonchev–Trinajstić information content (AvgIpc) is 2.54.